The summed E-state index contributed by atoms with van der Waals surface area (Å²) < 4.78 is 0. The maximum atomic E-state index is 11.6. The van der Waals surface area contributed by atoms with Gasteiger partial charge in [0.25, 0.3) is 0 Å². The van der Waals surface area contributed by atoms with Gasteiger partial charge < -0.3 is 10.6 Å². The maximum absolute atomic E-state index is 11.6. The van der Waals surface area contributed by atoms with Gasteiger partial charge in [-0.2, -0.15) is 0 Å². The number of rotatable bonds is 2. The third kappa shape index (κ3) is 1.74. The minimum Gasteiger partial charge on any atom is -0.366 e. The molecule has 3 nitrogen and oxygen atoms in total. The zero-order valence-corrected chi connectivity index (χ0v) is 10.8. The van der Waals surface area contributed by atoms with Crippen LogP contribution in [0.4, 0.5) is 0 Å². The number of piperidine rings is 3. The second kappa shape index (κ2) is 4.39. The van der Waals surface area contributed by atoms with Crippen LogP contribution in [0.1, 0.15) is 41.6 Å². The molecule has 3 heterocycles. The summed E-state index contributed by atoms with van der Waals surface area (Å²) in [5.41, 5.74) is 7.38. The molecule has 3 saturated heterocycles. The first-order valence-corrected chi connectivity index (χ1v) is 6.81. The number of benzene rings is 1. The lowest BCUT2D eigenvalue weighted by molar-refractivity contribution is 0.0346. The average molecular weight is 244 g/mol. The molecule has 2 N–H and O–H groups in total. The van der Waals surface area contributed by atoms with Crippen molar-refractivity contribution in [1.29, 1.82) is 0 Å². The maximum Gasteiger partial charge on any atom is 0.248 e. The first kappa shape index (κ1) is 11.7. The smallest absolute Gasteiger partial charge is 0.248 e. The molecule has 4 rings (SSSR count). The van der Waals surface area contributed by atoms with Crippen LogP contribution in [0.2, 0.25) is 0 Å². The lowest BCUT2D eigenvalue weighted by atomic mass is 9.70. The van der Waals surface area contributed by atoms with Crippen molar-refractivity contribution in [3.05, 3.63) is 35.4 Å². The summed E-state index contributed by atoms with van der Waals surface area (Å²) >= 11 is 0. The van der Waals surface area contributed by atoms with E-state index in [4.69, 9.17) is 5.73 Å². The highest BCUT2D eigenvalue weighted by Crippen LogP contribution is 2.44. The number of fused-ring (bicyclic) bond motifs is 3. The summed E-state index contributed by atoms with van der Waals surface area (Å²) in [6, 6.07) is 8.39. The van der Waals surface area contributed by atoms with E-state index < -0.39 is 0 Å². The molecule has 0 aliphatic carbocycles. The Morgan fingerprint density at radius 3 is 2.56 bits per heavy atom. The van der Waals surface area contributed by atoms with E-state index in [1.54, 1.807) is 0 Å². The van der Waals surface area contributed by atoms with Gasteiger partial charge in [0.1, 0.15) is 0 Å². The molecule has 3 aliphatic heterocycles. The Morgan fingerprint density at radius 1 is 1.28 bits per heavy atom. The normalized spacial score (nSPS) is 34.5. The molecule has 0 spiro atoms. The van der Waals surface area contributed by atoms with Gasteiger partial charge in [0.2, 0.25) is 5.91 Å². The minimum atomic E-state index is -0.297. The van der Waals surface area contributed by atoms with Gasteiger partial charge >= 0.3 is 0 Å². The highest BCUT2D eigenvalue weighted by Gasteiger charge is 2.41. The second-order valence-corrected chi connectivity index (χ2v) is 5.59. The highest BCUT2D eigenvalue weighted by molar-refractivity contribution is 5.94. The van der Waals surface area contributed by atoms with Crippen LogP contribution >= 0.6 is 0 Å². The summed E-state index contributed by atoms with van der Waals surface area (Å²) in [6.45, 7) is 4.70. The van der Waals surface area contributed by atoms with Crippen LogP contribution in [-0.2, 0) is 0 Å². The van der Waals surface area contributed by atoms with Crippen molar-refractivity contribution in [3.8, 4) is 0 Å². The number of amides is 1. The van der Waals surface area contributed by atoms with Crippen molar-refractivity contribution in [3.63, 3.8) is 0 Å². The number of hydrogen-bond acceptors (Lipinski definition) is 2. The molecule has 1 aromatic rings. The predicted octanol–water partition coefficient (Wildman–Crippen LogP) is 1.98. The van der Waals surface area contributed by atoms with E-state index in [9.17, 15) is 4.79 Å². The van der Waals surface area contributed by atoms with Crippen LogP contribution in [0.25, 0.3) is 0 Å². The molecular weight excluding hydrogens is 224 g/mol. The highest BCUT2D eigenvalue weighted by atomic mass is 16.1. The predicted molar refractivity (Wildman–Crippen MR) is 71.5 cm³/mol. The van der Waals surface area contributed by atoms with Gasteiger partial charge in [0.15, 0.2) is 0 Å². The molecule has 1 aromatic carbocycles. The lowest BCUT2D eigenvalue weighted by Crippen LogP contribution is -2.52. The number of nitrogens with zero attached hydrogens (tertiary/aromatic N) is 1. The summed E-state index contributed by atoms with van der Waals surface area (Å²) in [4.78, 5) is 14.1. The molecular formula is C15H20N2O. The number of carbonyl (C=O) groups excluding carboxylic acids is 1. The van der Waals surface area contributed by atoms with Crippen molar-refractivity contribution in [2.45, 2.75) is 31.7 Å². The Kier molecular flexibility index (Phi) is 2.86. The van der Waals surface area contributed by atoms with E-state index in [-0.39, 0.29) is 5.91 Å². The average Bonchev–Trinajstić information content (AvgIpc) is 2.40. The Morgan fingerprint density at radius 2 is 1.94 bits per heavy atom. The van der Waals surface area contributed by atoms with Crippen LogP contribution < -0.4 is 5.73 Å². The second-order valence-electron chi connectivity index (χ2n) is 5.59. The van der Waals surface area contributed by atoms with Crippen LogP contribution in [0.3, 0.4) is 0 Å². The molecule has 1 amide bonds. The van der Waals surface area contributed by atoms with Crippen LogP contribution in [0, 0.1) is 5.92 Å². The van der Waals surface area contributed by atoms with Gasteiger partial charge in [-0.1, -0.05) is 18.2 Å². The molecule has 0 unspecified atom stereocenters. The Balaban J connectivity index is 2.02. The third-order valence-electron chi connectivity index (χ3n) is 4.76. The summed E-state index contributed by atoms with van der Waals surface area (Å²) in [5.74, 6) is 0.885. The topological polar surface area (TPSA) is 46.3 Å². The zero-order valence-electron chi connectivity index (χ0n) is 10.8. The van der Waals surface area contributed by atoms with Gasteiger partial charge in [-0.15, -0.1) is 0 Å². The van der Waals surface area contributed by atoms with E-state index in [0.717, 1.165) is 5.56 Å². The van der Waals surface area contributed by atoms with E-state index in [2.05, 4.69) is 17.9 Å². The third-order valence-corrected chi connectivity index (χ3v) is 4.76. The summed E-state index contributed by atoms with van der Waals surface area (Å²) in [5, 5.41) is 0. The van der Waals surface area contributed by atoms with Gasteiger partial charge in [0.05, 0.1) is 0 Å². The van der Waals surface area contributed by atoms with Crippen molar-refractivity contribution < 1.29 is 4.79 Å². The van der Waals surface area contributed by atoms with Crippen molar-refractivity contribution in [2.75, 3.05) is 13.1 Å². The Labute approximate surface area is 108 Å². The molecule has 3 fully saturated rings. The number of carbonyl (C=O) groups is 1. The van der Waals surface area contributed by atoms with Crippen molar-refractivity contribution in [1.82, 2.24) is 4.90 Å². The summed E-state index contributed by atoms with van der Waals surface area (Å²) in [7, 11) is 0. The van der Waals surface area contributed by atoms with Crippen LogP contribution in [-0.4, -0.2) is 29.9 Å². The molecule has 0 radical (unpaired) electrons. The number of hydrogen-bond donors (Lipinski definition) is 1. The van der Waals surface area contributed by atoms with Crippen molar-refractivity contribution in [2.24, 2.45) is 11.7 Å². The molecule has 0 saturated carbocycles. The molecule has 2 atom stereocenters. The summed E-state index contributed by atoms with van der Waals surface area (Å²) in [6.07, 6.45) is 2.50. The standard InChI is InChI=1S/C15H20N2O/c1-10-14(11-6-8-17(10)9-7-11)12-4-2-3-5-13(12)15(16)18/h2-5,10-11,14H,6-9H2,1H3,(H2,16,18)/t10-,14-/m1/s1. The fourth-order valence-electron chi connectivity index (χ4n) is 3.83. The SMILES string of the molecule is C[C@@H]1[C@@H](c2ccccc2C(N)=O)C2CCN1CC2. The first-order valence-electron chi connectivity index (χ1n) is 6.81. The quantitative estimate of drug-likeness (QED) is 0.864. The van der Waals surface area contributed by atoms with Gasteiger partial charge in [-0.25, -0.2) is 0 Å². The molecule has 3 aliphatic rings. The van der Waals surface area contributed by atoms with E-state index in [1.807, 2.05) is 18.2 Å². The van der Waals surface area contributed by atoms with E-state index >= 15 is 0 Å². The van der Waals surface area contributed by atoms with Gasteiger partial charge in [-0.3, -0.25) is 4.79 Å². The molecule has 18 heavy (non-hydrogen) atoms. The minimum absolute atomic E-state index is 0.297. The van der Waals surface area contributed by atoms with Crippen molar-refractivity contribution >= 4 is 5.91 Å². The fraction of sp³-hybridized carbons (Fsp3) is 0.533. The molecule has 0 aromatic heterocycles. The van der Waals surface area contributed by atoms with Crippen LogP contribution in [0.15, 0.2) is 24.3 Å². The fourth-order valence-corrected chi connectivity index (χ4v) is 3.83. The Hall–Kier alpha value is -1.35. The molecule has 2 bridgehead atoms. The monoisotopic (exact) mass is 244 g/mol. The molecule has 3 heteroatoms. The molecule has 96 valence electrons. The first-order chi connectivity index (χ1) is 8.68. The zero-order chi connectivity index (χ0) is 12.7. The number of primary amides is 1. The lowest BCUT2D eigenvalue weighted by Gasteiger charge is -2.50. The van der Waals surface area contributed by atoms with Gasteiger partial charge in [0, 0.05) is 17.5 Å². The Bertz CT molecular complexity index is 461. The largest absolute Gasteiger partial charge is 0.366 e. The number of nitrogens with two attached hydrogens (primary N) is 1. The van der Waals surface area contributed by atoms with Crippen LogP contribution in [0.5, 0.6) is 0 Å². The van der Waals surface area contributed by atoms with E-state index in [0.29, 0.717) is 23.4 Å². The van der Waals surface area contributed by atoms with Gasteiger partial charge in [-0.05, 0) is 50.4 Å². The van der Waals surface area contributed by atoms with E-state index in [1.165, 1.54) is 25.9 Å².